The number of ether oxygens (including phenoxy) is 1. The fourth-order valence-corrected chi connectivity index (χ4v) is 3.17. The number of amides is 1. The van der Waals surface area contributed by atoms with Crippen LogP contribution in [0.3, 0.4) is 0 Å². The molecule has 0 unspecified atom stereocenters. The molecular formula is C17H14Cl2N2O3. The quantitative estimate of drug-likeness (QED) is 0.601. The van der Waals surface area contributed by atoms with E-state index in [0.29, 0.717) is 24.2 Å². The molecule has 1 aromatic carbocycles. The number of nitrogens with zero attached hydrogens (tertiary/aromatic N) is 2. The average molecular weight is 365 g/mol. The molecule has 1 amide bonds. The number of carbonyl (C=O) groups is 2. The third-order valence-electron chi connectivity index (χ3n) is 3.92. The molecule has 1 aliphatic rings. The first-order chi connectivity index (χ1) is 11.5. The van der Waals surface area contributed by atoms with Crippen molar-refractivity contribution in [3.63, 3.8) is 0 Å². The molecule has 0 aliphatic carbocycles. The molecule has 0 saturated heterocycles. The van der Waals surface area contributed by atoms with E-state index in [9.17, 15) is 9.59 Å². The number of esters is 1. The van der Waals surface area contributed by atoms with E-state index in [1.165, 1.54) is 13.2 Å². The van der Waals surface area contributed by atoms with Gasteiger partial charge in [0.05, 0.1) is 17.7 Å². The summed E-state index contributed by atoms with van der Waals surface area (Å²) >= 11 is 12.0. The molecule has 1 aliphatic heterocycles. The third kappa shape index (κ3) is 2.97. The molecule has 5 nitrogen and oxygen atoms in total. The summed E-state index contributed by atoms with van der Waals surface area (Å²) in [7, 11) is 1.34. The van der Waals surface area contributed by atoms with E-state index in [0.717, 1.165) is 12.0 Å². The number of carbonyl (C=O) groups excluding carboxylic acids is 2. The van der Waals surface area contributed by atoms with Gasteiger partial charge in [-0.05, 0) is 42.7 Å². The smallest absolute Gasteiger partial charge is 0.338 e. The lowest BCUT2D eigenvalue weighted by atomic mass is 9.96. The highest BCUT2D eigenvalue weighted by atomic mass is 35.5. The molecule has 7 heteroatoms. The fourth-order valence-electron chi connectivity index (χ4n) is 2.83. The Morgan fingerprint density at radius 3 is 2.75 bits per heavy atom. The molecule has 3 rings (SSSR count). The molecule has 0 radical (unpaired) electrons. The van der Waals surface area contributed by atoms with Crippen LogP contribution in [0.4, 0.5) is 5.69 Å². The second kappa shape index (κ2) is 6.79. The van der Waals surface area contributed by atoms with Crippen molar-refractivity contribution in [2.24, 2.45) is 0 Å². The summed E-state index contributed by atoms with van der Waals surface area (Å²) in [5.74, 6) is -0.759. The molecule has 24 heavy (non-hydrogen) atoms. The minimum absolute atomic E-state index is 0.0977. The molecule has 0 bridgehead atoms. The fraction of sp³-hybridized carbons (Fsp3) is 0.235. The lowest BCUT2D eigenvalue weighted by molar-refractivity contribution is 0.0599. The zero-order chi connectivity index (χ0) is 17.3. The van der Waals surface area contributed by atoms with Crippen molar-refractivity contribution in [2.75, 3.05) is 18.6 Å². The number of aromatic nitrogens is 1. The Balaban J connectivity index is 2.05. The second-order valence-corrected chi connectivity index (χ2v) is 6.11. The molecule has 1 aromatic heterocycles. The first kappa shape index (κ1) is 16.7. The minimum atomic E-state index is -0.417. The second-order valence-electron chi connectivity index (χ2n) is 5.32. The van der Waals surface area contributed by atoms with E-state index in [-0.39, 0.29) is 21.8 Å². The van der Waals surface area contributed by atoms with Gasteiger partial charge < -0.3 is 9.64 Å². The van der Waals surface area contributed by atoms with Gasteiger partial charge in [0.15, 0.2) is 0 Å². The summed E-state index contributed by atoms with van der Waals surface area (Å²) in [4.78, 5) is 30.5. The lowest BCUT2D eigenvalue weighted by Gasteiger charge is -2.30. The lowest BCUT2D eigenvalue weighted by Crippen LogP contribution is -2.36. The number of hydrogen-bond donors (Lipinski definition) is 0. The minimum Gasteiger partial charge on any atom is -0.465 e. The Bertz CT molecular complexity index is 823. The molecule has 0 spiro atoms. The number of halogens is 2. The molecule has 0 saturated carbocycles. The van der Waals surface area contributed by atoms with Crippen LogP contribution in [0.5, 0.6) is 0 Å². The summed E-state index contributed by atoms with van der Waals surface area (Å²) in [6.07, 6.45) is 1.42. The van der Waals surface area contributed by atoms with Gasteiger partial charge in [0.2, 0.25) is 0 Å². The van der Waals surface area contributed by atoms with Crippen molar-refractivity contribution < 1.29 is 14.3 Å². The van der Waals surface area contributed by atoms with Gasteiger partial charge in [0.1, 0.15) is 10.8 Å². The standard InChI is InChI=1S/C17H14Cl2N2O3/c1-24-17(23)11-4-2-6-13-10(11)5-3-9-21(13)16(22)15-12(18)7-8-14(19)20-15/h2,4,6-8H,3,5,9H2,1H3. The Morgan fingerprint density at radius 2 is 2.00 bits per heavy atom. The van der Waals surface area contributed by atoms with Crippen LogP contribution in [0.15, 0.2) is 30.3 Å². The van der Waals surface area contributed by atoms with Crippen molar-refractivity contribution in [3.8, 4) is 0 Å². The largest absolute Gasteiger partial charge is 0.465 e. The molecule has 2 aromatic rings. The third-order valence-corrected chi connectivity index (χ3v) is 4.43. The number of methoxy groups -OCH3 is 1. The number of fused-ring (bicyclic) bond motifs is 1. The van der Waals surface area contributed by atoms with Crippen LogP contribution in [0, 0.1) is 0 Å². The summed E-state index contributed by atoms with van der Waals surface area (Å²) in [6, 6.07) is 8.30. The van der Waals surface area contributed by atoms with Gasteiger partial charge in [0, 0.05) is 12.2 Å². The highest BCUT2D eigenvalue weighted by Gasteiger charge is 2.28. The van der Waals surface area contributed by atoms with Crippen LogP contribution < -0.4 is 4.90 Å². The van der Waals surface area contributed by atoms with Crippen LogP contribution in [0.1, 0.15) is 32.8 Å². The van der Waals surface area contributed by atoms with E-state index >= 15 is 0 Å². The number of benzene rings is 1. The van der Waals surface area contributed by atoms with Gasteiger partial charge in [-0.1, -0.05) is 29.3 Å². The monoisotopic (exact) mass is 364 g/mol. The number of rotatable bonds is 2. The molecule has 0 atom stereocenters. The van der Waals surface area contributed by atoms with Crippen LogP contribution >= 0.6 is 23.2 Å². The number of hydrogen-bond acceptors (Lipinski definition) is 4. The Kier molecular flexibility index (Phi) is 4.73. The SMILES string of the molecule is COC(=O)c1cccc2c1CCCN2C(=O)c1nc(Cl)ccc1Cl. The van der Waals surface area contributed by atoms with Crippen molar-refractivity contribution in [2.45, 2.75) is 12.8 Å². The maximum Gasteiger partial charge on any atom is 0.338 e. The van der Waals surface area contributed by atoms with Crippen LogP contribution in [-0.4, -0.2) is 30.5 Å². The van der Waals surface area contributed by atoms with Gasteiger partial charge >= 0.3 is 5.97 Å². The first-order valence-corrected chi connectivity index (χ1v) is 8.12. The Morgan fingerprint density at radius 1 is 1.21 bits per heavy atom. The van der Waals surface area contributed by atoms with E-state index in [2.05, 4.69) is 4.98 Å². The average Bonchev–Trinajstić information content (AvgIpc) is 2.61. The summed E-state index contributed by atoms with van der Waals surface area (Å²) in [5.41, 5.74) is 2.03. The van der Waals surface area contributed by atoms with E-state index in [4.69, 9.17) is 27.9 Å². The Labute approximate surface area is 149 Å². The van der Waals surface area contributed by atoms with E-state index in [1.807, 2.05) is 0 Å². The van der Waals surface area contributed by atoms with Gasteiger partial charge in [-0.3, -0.25) is 4.79 Å². The van der Waals surface area contributed by atoms with Crippen molar-refractivity contribution in [1.82, 2.24) is 4.98 Å². The molecule has 0 N–H and O–H groups in total. The van der Waals surface area contributed by atoms with Crippen molar-refractivity contribution in [1.29, 1.82) is 0 Å². The zero-order valence-electron chi connectivity index (χ0n) is 12.9. The Hall–Kier alpha value is -2.11. The van der Waals surface area contributed by atoms with Gasteiger partial charge in [-0.15, -0.1) is 0 Å². The number of anilines is 1. The highest BCUT2D eigenvalue weighted by Crippen LogP contribution is 2.32. The van der Waals surface area contributed by atoms with Gasteiger partial charge in [-0.2, -0.15) is 0 Å². The zero-order valence-corrected chi connectivity index (χ0v) is 14.4. The van der Waals surface area contributed by atoms with Crippen LogP contribution in [-0.2, 0) is 11.2 Å². The van der Waals surface area contributed by atoms with Gasteiger partial charge in [0.25, 0.3) is 5.91 Å². The highest BCUT2D eigenvalue weighted by molar-refractivity contribution is 6.35. The predicted molar refractivity (Wildman–Crippen MR) is 92.0 cm³/mol. The maximum atomic E-state index is 12.9. The normalized spacial score (nSPS) is 13.4. The van der Waals surface area contributed by atoms with Crippen LogP contribution in [0.25, 0.3) is 0 Å². The van der Waals surface area contributed by atoms with Crippen molar-refractivity contribution in [3.05, 3.63) is 57.3 Å². The molecular weight excluding hydrogens is 351 g/mol. The number of pyridine rings is 1. The van der Waals surface area contributed by atoms with Gasteiger partial charge in [-0.25, -0.2) is 9.78 Å². The molecule has 0 fully saturated rings. The van der Waals surface area contributed by atoms with E-state index in [1.54, 1.807) is 29.2 Å². The predicted octanol–water partition coefficient (Wildman–Crippen LogP) is 3.77. The summed E-state index contributed by atoms with van der Waals surface area (Å²) < 4.78 is 4.82. The maximum absolute atomic E-state index is 12.9. The molecule has 124 valence electrons. The summed E-state index contributed by atoms with van der Waals surface area (Å²) in [5, 5.41) is 0.434. The van der Waals surface area contributed by atoms with Crippen molar-refractivity contribution >= 4 is 40.8 Å². The molecule has 2 heterocycles. The van der Waals surface area contributed by atoms with E-state index < -0.39 is 5.97 Å². The summed E-state index contributed by atoms with van der Waals surface area (Å²) in [6.45, 7) is 0.515. The first-order valence-electron chi connectivity index (χ1n) is 7.37. The van der Waals surface area contributed by atoms with Crippen LogP contribution in [0.2, 0.25) is 10.2 Å². The topological polar surface area (TPSA) is 59.5 Å².